The van der Waals surface area contributed by atoms with E-state index in [1.807, 2.05) is 0 Å². The monoisotopic (exact) mass is 203 g/mol. The fraction of sp³-hybridized carbons (Fsp3) is 0.500. The van der Waals surface area contributed by atoms with Crippen molar-refractivity contribution in [3.05, 3.63) is 18.1 Å². The minimum atomic E-state index is 0.350. The molecular formula is C10H13N5. The van der Waals surface area contributed by atoms with E-state index in [4.69, 9.17) is 5.26 Å². The Kier molecular flexibility index (Phi) is 2.79. The maximum Gasteiger partial charge on any atom is 0.183 e. The Hall–Kier alpha value is -1.67. The molecule has 0 aliphatic carbocycles. The van der Waals surface area contributed by atoms with Gasteiger partial charge in [-0.1, -0.05) is 0 Å². The van der Waals surface area contributed by atoms with Crippen LogP contribution in [0.2, 0.25) is 0 Å². The van der Waals surface area contributed by atoms with Crippen molar-refractivity contribution < 1.29 is 0 Å². The summed E-state index contributed by atoms with van der Waals surface area (Å²) in [5, 5.41) is 12.2. The van der Waals surface area contributed by atoms with E-state index in [2.05, 4.69) is 33.2 Å². The number of hydrogen-bond acceptors (Lipinski definition) is 5. The quantitative estimate of drug-likeness (QED) is 0.703. The molecule has 1 aliphatic rings. The van der Waals surface area contributed by atoms with Crippen molar-refractivity contribution in [3.63, 3.8) is 0 Å². The van der Waals surface area contributed by atoms with Crippen LogP contribution in [0.5, 0.6) is 0 Å². The minimum Gasteiger partial charge on any atom is -0.349 e. The largest absolute Gasteiger partial charge is 0.349 e. The summed E-state index contributed by atoms with van der Waals surface area (Å²) >= 11 is 0. The standard InChI is InChI=1S/C10H13N5/c1-8-7-12-4-5-15(8)10-9(6-11)13-2-3-14-10/h2-3,8,12H,4-5,7H2,1H3. The molecule has 1 saturated heterocycles. The number of nitrogens with zero attached hydrogens (tertiary/aromatic N) is 4. The molecule has 0 radical (unpaired) electrons. The molecule has 1 aromatic rings. The molecule has 2 heterocycles. The molecule has 0 saturated carbocycles. The van der Waals surface area contributed by atoms with E-state index in [-0.39, 0.29) is 0 Å². The second-order valence-corrected chi connectivity index (χ2v) is 3.59. The van der Waals surface area contributed by atoms with Crippen LogP contribution in [-0.2, 0) is 0 Å². The summed E-state index contributed by atoms with van der Waals surface area (Å²) in [5.74, 6) is 0.703. The Morgan fingerprint density at radius 1 is 1.53 bits per heavy atom. The summed E-state index contributed by atoms with van der Waals surface area (Å²) < 4.78 is 0. The van der Waals surface area contributed by atoms with Crippen molar-refractivity contribution >= 4 is 5.82 Å². The van der Waals surface area contributed by atoms with Gasteiger partial charge in [0.2, 0.25) is 0 Å². The molecule has 78 valence electrons. The molecule has 1 N–H and O–H groups in total. The van der Waals surface area contributed by atoms with E-state index in [1.54, 1.807) is 12.4 Å². The first-order valence-corrected chi connectivity index (χ1v) is 5.01. The summed E-state index contributed by atoms with van der Waals surface area (Å²) in [6, 6.07) is 2.43. The smallest absolute Gasteiger partial charge is 0.183 e. The van der Waals surface area contributed by atoms with Crippen LogP contribution < -0.4 is 10.2 Å². The van der Waals surface area contributed by atoms with Gasteiger partial charge in [0.25, 0.3) is 0 Å². The van der Waals surface area contributed by atoms with Crippen LogP contribution in [0.4, 0.5) is 5.82 Å². The van der Waals surface area contributed by atoms with Gasteiger partial charge in [-0.3, -0.25) is 0 Å². The van der Waals surface area contributed by atoms with Crippen LogP contribution in [0.25, 0.3) is 0 Å². The molecule has 1 aromatic heterocycles. The summed E-state index contributed by atoms with van der Waals surface area (Å²) in [6.45, 7) is 4.82. The highest BCUT2D eigenvalue weighted by Crippen LogP contribution is 2.17. The summed E-state index contributed by atoms with van der Waals surface area (Å²) in [7, 11) is 0. The van der Waals surface area contributed by atoms with E-state index >= 15 is 0 Å². The SMILES string of the molecule is CC1CNCCN1c1nccnc1C#N. The number of aromatic nitrogens is 2. The fourth-order valence-electron chi connectivity index (χ4n) is 1.78. The third kappa shape index (κ3) is 1.90. The maximum atomic E-state index is 8.94. The van der Waals surface area contributed by atoms with Gasteiger partial charge in [-0.05, 0) is 6.92 Å². The van der Waals surface area contributed by atoms with Crippen LogP contribution in [0.3, 0.4) is 0 Å². The highest BCUT2D eigenvalue weighted by atomic mass is 15.3. The number of anilines is 1. The van der Waals surface area contributed by atoms with E-state index < -0.39 is 0 Å². The minimum absolute atomic E-state index is 0.350. The Morgan fingerprint density at radius 3 is 3.07 bits per heavy atom. The topological polar surface area (TPSA) is 64.8 Å². The van der Waals surface area contributed by atoms with Crippen LogP contribution in [0.1, 0.15) is 12.6 Å². The Balaban J connectivity index is 2.31. The molecule has 1 unspecified atom stereocenters. The lowest BCUT2D eigenvalue weighted by atomic mass is 10.2. The molecule has 0 aromatic carbocycles. The van der Waals surface area contributed by atoms with Gasteiger partial charge >= 0.3 is 0 Å². The zero-order chi connectivity index (χ0) is 10.7. The number of piperazine rings is 1. The van der Waals surface area contributed by atoms with Crippen molar-refractivity contribution in [1.82, 2.24) is 15.3 Å². The van der Waals surface area contributed by atoms with Gasteiger partial charge in [0.15, 0.2) is 11.5 Å². The number of nitrogens with one attached hydrogen (secondary N) is 1. The van der Waals surface area contributed by atoms with E-state index in [9.17, 15) is 0 Å². The van der Waals surface area contributed by atoms with Crippen molar-refractivity contribution in [2.24, 2.45) is 0 Å². The predicted octanol–water partition coefficient (Wildman–Crippen LogP) is 0.146. The average Bonchev–Trinajstić information content (AvgIpc) is 2.30. The van der Waals surface area contributed by atoms with Crippen LogP contribution in [0.15, 0.2) is 12.4 Å². The number of nitriles is 1. The van der Waals surface area contributed by atoms with Crippen LogP contribution in [-0.4, -0.2) is 35.6 Å². The predicted molar refractivity (Wildman–Crippen MR) is 56.4 cm³/mol. The zero-order valence-corrected chi connectivity index (χ0v) is 8.64. The molecule has 1 atom stereocenters. The van der Waals surface area contributed by atoms with E-state index in [0.29, 0.717) is 17.6 Å². The maximum absolute atomic E-state index is 8.94. The lowest BCUT2D eigenvalue weighted by Gasteiger charge is -2.34. The fourth-order valence-corrected chi connectivity index (χ4v) is 1.78. The number of hydrogen-bond donors (Lipinski definition) is 1. The first-order valence-electron chi connectivity index (χ1n) is 5.01. The van der Waals surface area contributed by atoms with E-state index in [0.717, 1.165) is 19.6 Å². The Labute approximate surface area is 88.8 Å². The highest BCUT2D eigenvalue weighted by molar-refractivity contribution is 5.50. The third-order valence-electron chi connectivity index (χ3n) is 2.56. The molecule has 0 bridgehead atoms. The van der Waals surface area contributed by atoms with Gasteiger partial charge < -0.3 is 10.2 Å². The number of rotatable bonds is 1. The molecule has 0 spiro atoms. The first-order chi connectivity index (χ1) is 7.33. The molecule has 5 heteroatoms. The molecule has 5 nitrogen and oxygen atoms in total. The van der Waals surface area contributed by atoms with Gasteiger partial charge in [-0.25, -0.2) is 9.97 Å². The first kappa shape index (κ1) is 9.87. The lowest BCUT2D eigenvalue weighted by molar-refractivity contribution is 0.496. The van der Waals surface area contributed by atoms with Gasteiger partial charge in [-0.15, -0.1) is 0 Å². The second-order valence-electron chi connectivity index (χ2n) is 3.59. The van der Waals surface area contributed by atoms with Crippen molar-refractivity contribution in [3.8, 4) is 6.07 Å². The van der Waals surface area contributed by atoms with Crippen LogP contribution >= 0.6 is 0 Å². The summed E-state index contributed by atoms with van der Waals surface area (Å²) in [5.41, 5.74) is 0.409. The summed E-state index contributed by atoms with van der Waals surface area (Å²) in [6.07, 6.45) is 3.18. The van der Waals surface area contributed by atoms with Crippen molar-refractivity contribution in [1.29, 1.82) is 5.26 Å². The average molecular weight is 203 g/mol. The van der Waals surface area contributed by atoms with Crippen LogP contribution in [0, 0.1) is 11.3 Å². The van der Waals surface area contributed by atoms with Gasteiger partial charge in [0.05, 0.1) is 0 Å². The normalized spacial score (nSPS) is 21.1. The Bertz CT molecular complexity index is 384. The van der Waals surface area contributed by atoms with Gasteiger partial charge in [-0.2, -0.15) is 5.26 Å². The third-order valence-corrected chi connectivity index (χ3v) is 2.56. The Morgan fingerprint density at radius 2 is 2.33 bits per heavy atom. The highest BCUT2D eigenvalue weighted by Gasteiger charge is 2.21. The molecule has 2 rings (SSSR count). The molecule has 0 amide bonds. The summed E-state index contributed by atoms with van der Waals surface area (Å²) in [4.78, 5) is 10.4. The van der Waals surface area contributed by atoms with Crippen molar-refractivity contribution in [2.45, 2.75) is 13.0 Å². The zero-order valence-electron chi connectivity index (χ0n) is 8.64. The second kappa shape index (κ2) is 4.24. The molecule has 1 fully saturated rings. The lowest BCUT2D eigenvalue weighted by Crippen LogP contribution is -2.50. The van der Waals surface area contributed by atoms with Gasteiger partial charge in [0.1, 0.15) is 6.07 Å². The van der Waals surface area contributed by atoms with Gasteiger partial charge in [0, 0.05) is 38.1 Å². The molecule has 15 heavy (non-hydrogen) atoms. The van der Waals surface area contributed by atoms with Crippen molar-refractivity contribution in [2.75, 3.05) is 24.5 Å². The molecule has 1 aliphatic heterocycles. The van der Waals surface area contributed by atoms with E-state index in [1.165, 1.54) is 0 Å². The molecular weight excluding hydrogens is 190 g/mol.